The van der Waals surface area contributed by atoms with E-state index in [0.29, 0.717) is 0 Å². The van der Waals surface area contributed by atoms with Crippen molar-refractivity contribution in [3.8, 4) is 0 Å². The van der Waals surface area contributed by atoms with Crippen molar-refractivity contribution in [2.45, 2.75) is 24.8 Å². The summed E-state index contributed by atoms with van der Waals surface area (Å²) in [5, 5.41) is 11.2. The van der Waals surface area contributed by atoms with Gasteiger partial charge in [-0.15, -0.1) is 0 Å². The zero-order valence-corrected chi connectivity index (χ0v) is 14.6. The van der Waals surface area contributed by atoms with E-state index in [1.165, 1.54) is 11.1 Å². The molecule has 1 aliphatic carbocycles. The molecule has 0 aromatic heterocycles. The third kappa shape index (κ3) is 2.96. The Bertz CT molecular complexity index is 855. The van der Waals surface area contributed by atoms with Gasteiger partial charge in [-0.2, -0.15) is 0 Å². The second kappa shape index (κ2) is 6.28. The highest BCUT2D eigenvalue weighted by Gasteiger charge is 2.37. The molecule has 4 rings (SSSR count). The number of piperidine rings is 1. The normalized spacial score (nSPS) is 18.4. The average Bonchev–Trinajstić information content (AvgIpc) is 2.97. The lowest BCUT2D eigenvalue weighted by Gasteiger charge is -2.39. The molecule has 1 heterocycles. The van der Waals surface area contributed by atoms with E-state index in [9.17, 15) is 10.1 Å². The third-order valence-electron chi connectivity index (χ3n) is 5.44. The lowest BCUT2D eigenvalue weighted by atomic mass is 9.74. The maximum atomic E-state index is 11.1. The van der Waals surface area contributed by atoms with E-state index >= 15 is 0 Å². The van der Waals surface area contributed by atoms with Gasteiger partial charge in [0.1, 0.15) is 5.02 Å². The molecule has 2 aliphatic rings. The number of nitro groups is 1. The predicted octanol–water partition coefficient (Wildman–Crippen LogP) is 4.81. The van der Waals surface area contributed by atoms with Crippen LogP contribution >= 0.6 is 11.6 Å². The summed E-state index contributed by atoms with van der Waals surface area (Å²) in [6, 6.07) is 13.7. The number of allylic oxidation sites excluding steroid dienone is 1. The van der Waals surface area contributed by atoms with Crippen molar-refractivity contribution in [3.05, 3.63) is 80.4 Å². The molecule has 128 valence electrons. The predicted molar refractivity (Wildman–Crippen MR) is 99.8 cm³/mol. The summed E-state index contributed by atoms with van der Waals surface area (Å²) in [6.45, 7) is 2.68. The second-order valence-electron chi connectivity index (χ2n) is 6.90. The zero-order valence-electron chi connectivity index (χ0n) is 13.8. The fraction of sp³-hybridized carbons (Fsp3) is 0.300. The standard InChI is InChI=1S/C20H19ClN2O2/c21-18-6-5-15(13-19(18)23(24)25)14-22-11-9-20(10-12-22)8-7-16-3-1-2-4-17(16)20/h1-8,13H,9-12,14H2. The van der Waals surface area contributed by atoms with Crippen LogP contribution in [0.4, 0.5) is 5.69 Å². The Morgan fingerprint density at radius 3 is 2.68 bits per heavy atom. The summed E-state index contributed by atoms with van der Waals surface area (Å²) in [6.07, 6.45) is 6.77. The number of benzene rings is 2. The molecule has 0 saturated carbocycles. The highest BCUT2D eigenvalue weighted by atomic mass is 35.5. The zero-order chi connectivity index (χ0) is 17.4. The van der Waals surface area contributed by atoms with Gasteiger partial charge in [0.25, 0.3) is 5.69 Å². The molecule has 5 heteroatoms. The summed E-state index contributed by atoms with van der Waals surface area (Å²) in [7, 11) is 0. The van der Waals surface area contributed by atoms with E-state index in [0.717, 1.165) is 38.0 Å². The Morgan fingerprint density at radius 1 is 1.16 bits per heavy atom. The largest absolute Gasteiger partial charge is 0.299 e. The SMILES string of the molecule is O=[N+]([O-])c1cc(CN2CCC3(C=Cc4ccccc43)CC2)ccc1Cl. The number of nitro benzene ring substituents is 1. The van der Waals surface area contributed by atoms with Crippen molar-refractivity contribution in [2.24, 2.45) is 0 Å². The van der Waals surface area contributed by atoms with Crippen molar-refractivity contribution in [3.63, 3.8) is 0 Å². The number of halogens is 1. The van der Waals surface area contributed by atoms with Gasteiger partial charge in [-0.3, -0.25) is 15.0 Å². The molecule has 2 aromatic rings. The number of fused-ring (bicyclic) bond motifs is 2. The van der Waals surface area contributed by atoms with Crippen LogP contribution in [-0.4, -0.2) is 22.9 Å². The van der Waals surface area contributed by atoms with Crippen molar-refractivity contribution in [2.75, 3.05) is 13.1 Å². The minimum atomic E-state index is -0.419. The monoisotopic (exact) mass is 354 g/mol. The summed E-state index contributed by atoms with van der Waals surface area (Å²) in [5.41, 5.74) is 3.87. The molecule has 0 atom stereocenters. The van der Waals surface area contributed by atoms with E-state index in [2.05, 4.69) is 41.3 Å². The molecule has 0 unspecified atom stereocenters. The first kappa shape index (κ1) is 16.3. The van der Waals surface area contributed by atoms with E-state index in [1.807, 2.05) is 6.07 Å². The molecule has 0 amide bonds. The molecule has 4 nitrogen and oxygen atoms in total. The van der Waals surface area contributed by atoms with Crippen LogP contribution in [0.1, 0.15) is 29.5 Å². The Labute approximate surface area is 151 Å². The topological polar surface area (TPSA) is 46.4 Å². The lowest BCUT2D eigenvalue weighted by molar-refractivity contribution is -0.384. The van der Waals surface area contributed by atoms with E-state index in [4.69, 9.17) is 11.6 Å². The Balaban J connectivity index is 1.46. The van der Waals surface area contributed by atoms with Gasteiger partial charge in [-0.05, 0) is 48.7 Å². The summed E-state index contributed by atoms with van der Waals surface area (Å²) in [4.78, 5) is 13.0. The van der Waals surface area contributed by atoms with Crippen LogP contribution in [0.15, 0.2) is 48.5 Å². The van der Waals surface area contributed by atoms with Gasteiger partial charge >= 0.3 is 0 Å². The first-order chi connectivity index (χ1) is 12.1. The van der Waals surface area contributed by atoms with Gasteiger partial charge in [0, 0.05) is 18.0 Å². The number of hydrogen-bond acceptors (Lipinski definition) is 3. The molecule has 1 spiro atoms. The first-order valence-electron chi connectivity index (χ1n) is 8.51. The van der Waals surface area contributed by atoms with Crippen LogP contribution in [0.25, 0.3) is 6.08 Å². The summed E-state index contributed by atoms with van der Waals surface area (Å²) in [5.74, 6) is 0. The van der Waals surface area contributed by atoms with Gasteiger partial charge in [-0.25, -0.2) is 0 Å². The minimum absolute atomic E-state index is 0.0136. The molecule has 0 N–H and O–H groups in total. The van der Waals surface area contributed by atoms with E-state index < -0.39 is 4.92 Å². The molecule has 1 saturated heterocycles. The molecule has 0 radical (unpaired) electrons. The molecular weight excluding hydrogens is 336 g/mol. The molecule has 25 heavy (non-hydrogen) atoms. The number of likely N-dealkylation sites (tertiary alicyclic amines) is 1. The number of hydrogen-bond donors (Lipinski definition) is 0. The van der Waals surface area contributed by atoms with Gasteiger partial charge in [0.05, 0.1) is 4.92 Å². The third-order valence-corrected chi connectivity index (χ3v) is 5.76. The highest BCUT2D eigenvalue weighted by molar-refractivity contribution is 6.32. The van der Waals surface area contributed by atoms with Crippen LogP contribution in [0.5, 0.6) is 0 Å². The van der Waals surface area contributed by atoms with Crippen molar-refractivity contribution in [1.82, 2.24) is 4.90 Å². The van der Waals surface area contributed by atoms with Gasteiger partial charge < -0.3 is 0 Å². The lowest BCUT2D eigenvalue weighted by Crippen LogP contribution is -2.40. The van der Waals surface area contributed by atoms with Crippen molar-refractivity contribution >= 4 is 23.4 Å². The average molecular weight is 355 g/mol. The number of rotatable bonds is 3. The Hall–Kier alpha value is -2.17. The fourth-order valence-corrected chi connectivity index (χ4v) is 4.22. The molecule has 0 bridgehead atoms. The first-order valence-corrected chi connectivity index (χ1v) is 8.89. The highest BCUT2D eigenvalue weighted by Crippen LogP contribution is 2.43. The van der Waals surface area contributed by atoms with Gasteiger partial charge in [-0.1, -0.05) is 54.1 Å². The smallest absolute Gasteiger partial charge is 0.288 e. The van der Waals surface area contributed by atoms with E-state index in [1.54, 1.807) is 12.1 Å². The fourth-order valence-electron chi connectivity index (χ4n) is 4.04. The van der Waals surface area contributed by atoms with Gasteiger partial charge in [0.2, 0.25) is 0 Å². The molecule has 1 fully saturated rings. The Kier molecular flexibility index (Phi) is 4.10. The van der Waals surface area contributed by atoms with Gasteiger partial charge in [0.15, 0.2) is 0 Å². The van der Waals surface area contributed by atoms with Crippen molar-refractivity contribution in [1.29, 1.82) is 0 Å². The van der Waals surface area contributed by atoms with Crippen LogP contribution in [0.3, 0.4) is 0 Å². The summed E-state index contributed by atoms with van der Waals surface area (Å²) >= 11 is 5.90. The van der Waals surface area contributed by atoms with Crippen LogP contribution in [-0.2, 0) is 12.0 Å². The molecule has 2 aromatic carbocycles. The number of nitrogens with zero attached hydrogens (tertiary/aromatic N) is 2. The molecular formula is C20H19ClN2O2. The maximum absolute atomic E-state index is 11.1. The maximum Gasteiger partial charge on any atom is 0.288 e. The Morgan fingerprint density at radius 2 is 1.92 bits per heavy atom. The van der Waals surface area contributed by atoms with Crippen LogP contribution in [0.2, 0.25) is 5.02 Å². The quantitative estimate of drug-likeness (QED) is 0.587. The minimum Gasteiger partial charge on any atom is -0.299 e. The van der Waals surface area contributed by atoms with E-state index in [-0.39, 0.29) is 16.1 Å². The summed E-state index contributed by atoms with van der Waals surface area (Å²) < 4.78 is 0. The second-order valence-corrected chi connectivity index (χ2v) is 7.30. The molecule has 1 aliphatic heterocycles. The van der Waals surface area contributed by atoms with Crippen molar-refractivity contribution < 1.29 is 4.92 Å². The van der Waals surface area contributed by atoms with Crippen LogP contribution in [0, 0.1) is 10.1 Å². The van der Waals surface area contributed by atoms with Crippen LogP contribution < -0.4 is 0 Å².